The van der Waals surface area contributed by atoms with E-state index in [1.165, 1.54) is 12.8 Å². The molecule has 2 fully saturated rings. The van der Waals surface area contributed by atoms with Gasteiger partial charge in [-0.05, 0) is 32.1 Å². The summed E-state index contributed by atoms with van der Waals surface area (Å²) >= 11 is 0. The Balaban J connectivity index is 1.81. The highest BCUT2D eigenvalue weighted by Gasteiger charge is 2.42. The first kappa shape index (κ1) is 13.3. The van der Waals surface area contributed by atoms with Gasteiger partial charge in [0.25, 0.3) is 0 Å². The second-order valence-corrected chi connectivity index (χ2v) is 6.12. The van der Waals surface area contributed by atoms with Gasteiger partial charge in [-0.3, -0.25) is 0 Å². The van der Waals surface area contributed by atoms with E-state index in [4.69, 9.17) is 9.47 Å². The first-order valence-electron chi connectivity index (χ1n) is 7.05. The van der Waals surface area contributed by atoms with Crippen LogP contribution in [0.3, 0.4) is 0 Å². The summed E-state index contributed by atoms with van der Waals surface area (Å²) in [5.74, 6) is 0.850. The molecular weight excluding hydrogens is 214 g/mol. The molecule has 2 rings (SSSR count). The largest absolute Gasteiger partial charge is 0.380 e. The fraction of sp³-hybridized carbons (Fsp3) is 1.00. The highest BCUT2D eigenvalue weighted by Crippen LogP contribution is 2.36. The molecule has 0 aromatic carbocycles. The minimum atomic E-state index is 0.194. The van der Waals surface area contributed by atoms with Crippen molar-refractivity contribution >= 4 is 0 Å². The first-order valence-corrected chi connectivity index (χ1v) is 7.05. The van der Waals surface area contributed by atoms with Crippen molar-refractivity contribution in [1.29, 1.82) is 0 Å². The Labute approximate surface area is 105 Å². The number of hydrogen-bond acceptors (Lipinski definition) is 3. The molecule has 2 unspecified atom stereocenters. The van der Waals surface area contributed by atoms with Crippen molar-refractivity contribution in [2.24, 2.45) is 11.3 Å². The van der Waals surface area contributed by atoms with Crippen molar-refractivity contribution in [3.63, 3.8) is 0 Å². The maximum Gasteiger partial charge on any atom is 0.0638 e. The average Bonchev–Trinajstić information content (AvgIpc) is 3.02. The summed E-state index contributed by atoms with van der Waals surface area (Å²) in [6.45, 7) is 10.3. The Morgan fingerprint density at radius 3 is 2.71 bits per heavy atom. The lowest BCUT2D eigenvalue weighted by Gasteiger charge is -2.33. The van der Waals surface area contributed by atoms with Gasteiger partial charge in [-0.2, -0.15) is 0 Å². The SMILES string of the molecule is CC(C)NCC1(COCC2CC2)CCOC1C. The minimum Gasteiger partial charge on any atom is -0.380 e. The standard InChI is InChI=1S/C14H27NO2/c1-11(2)15-9-14(6-7-17-12(14)3)10-16-8-13-4-5-13/h11-13,15H,4-10H2,1-3H3. The molecule has 0 bridgehead atoms. The van der Waals surface area contributed by atoms with Crippen LogP contribution in [0.4, 0.5) is 0 Å². The molecule has 1 N–H and O–H groups in total. The van der Waals surface area contributed by atoms with E-state index in [0.717, 1.165) is 38.7 Å². The van der Waals surface area contributed by atoms with Crippen LogP contribution in [0.5, 0.6) is 0 Å². The number of nitrogens with one attached hydrogen (secondary N) is 1. The third-order valence-electron chi connectivity index (χ3n) is 4.13. The van der Waals surface area contributed by atoms with Gasteiger partial charge in [0.15, 0.2) is 0 Å². The smallest absolute Gasteiger partial charge is 0.0638 e. The second kappa shape index (κ2) is 5.68. The minimum absolute atomic E-state index is 0.194. The van der Waals surface area contributed by atoms with E-state index in [9.17, 15) is 0 Å². The van der Waals surface area contributed by atoms with Crippen LogP contribution in [0.25, 0.3) is 0 Å². The van der Waals surface area contributed by atoms with E-state index in [-0.39, 0.29) is 5.41 Å². The first-order chi connectivity index (χ1) is 8.12. The van der Waals surface area contributed by atoms with Gasteiger partial charge in [0.2, 0.25) is 0 Å². The highest BCUT2D eigenvalue weighted by molar-refractivity contribution is 4.92. The summed E-state index contributed by atoms with van der Waals surface area (Å²) in [4.78, 5) is 0. The van der Waals surface area contributed by atoms with Gasteiger partial charge < -0.3 is 14.8 Å². The van der Waals surface area contributed by atoms with Crippen molar-refractivity contribution in [1.82, 2.24) is 5.32 Å². The second-order valence-electron chi connectivity index (χ2n) is 6.12. The zero-order valence-electron chi connectivity index (χ0n) is 11.5. The van der Waals surface area contributed by atoms with Gasteiger partial charge in [-0.1, -0.05) is 13.8 Å². The molecule has 3 heteroatoms. The van der Waals surface area contributed by atoms with Gasteiger partial charge in [-0.15, -0.1) is 0 Å². The lowest BCUT2D eigenvalue weighted by molar-refractivity contribution is -0.00985. The fourth-order valence-electron chi connectivity index (χ4n) is 2.41. The molecule has 1 saturated carbocycles. The lowest BCUT2D eigenvalue weighted by atomic mass is 9.82. The van der Waals surface area contributed by atoms with Crippen LogP contribution in [0.15, 0.2) is 0 Å². The summed E-state index contributed by atoms with van der Waals surface area (Å²) in [6, 6.07) is 0.531. The van der Waals surface area contributed by atoms with Crippen molar-refractivity contribution < 1.29 is 9.47 Å². The predicted octanol–water partition coefficient (Wildman–Crippen LogP) is 2.21. The lowest BCUT2D eigenvalue weighted by Crippen LogP contribution is -2.45. The molecule has 17 heavy (non-hydrogen) atoms. The normalized spacial score (nSPS) is 33.5. The van der Waals surface area contributed by atoms with Gasteiger partial charge in [0, 0.05) is 31.2 Å². The van der Waals surface area contributed by atoms with Gasteiger partial charge in [0.1, 0.15) is 0 Å². The molecule has 1 aliphatic carbocycles. The quantitative estimate of drug-likeness (QED) is 0.741. The average molecular weight is 241 g/mol. The molecule has 0 amide bonds. The number of rotatable bonds is 7. The van der Waals surface area contributed by atoms with E-state index in [0.29, 0.717) is 12.1 Å². The number of hydrogen-bond donors (Lipinski definition) is 1. The van der Waals surface area contributed by atoms with Gasteiger partial charge in [-0.25, -0.2) is 0 Å². The van der Waals surface area contributed by atoms with Crippen LogP contribution in [0, 0.1) is 11.3 Å². The molecule has 2 atom stereocenters. The third kappa shape index (κ3) is 3.67. The summed E-state index contributed by atoms with van der Waals surface area (Å²) < 4.78 is 11.7. The molecule has 1 aliphatic heterocycles. The summed E-state index contributed by atoms with van der Waals surface area (Å²) in [6.07, 6.45) is 4.17. The molecular formula is C14H27NO2. The van der Waals surface area contributed by atoms with Crippen molar-refractivity contribution in [2.45, 2.75) is 52.2 Å². The van der Waals surface area contributed by atoms with Gasteiger partial charge >= 0.3 is 0 Å². The van der Waals surface area contributed by atoms with Crippen LogP contribution in [0.1, 0.15) is 40.0 Å². The van der Waals surface area contributed by atoms with Gasteiger partial charge in [0.05, 0.1) is 12.7 Å². The van der Waals surface area contributed by atoms with Crippen LogP contribution in [-0.4, -0.2) is 38.5 Å². The van der Waals surface area contributed by atoms with E-state index >= 15 is 0 Å². The zero-order chi connectivity index (χ0) is 12.3. The van der Waals surface area contributed by atoms with E-state index in [1.54, 1.807) is 0 Å². The monoisotopic (exact) mass is 241 g/mol. The maximum absolute atomic E-state index is 5.93. The van der Waals surface area contributed by atoms with E-state index in [1.807, 2.05) is 0 Å². The zero-order valence-corrected chi connectivity index (χ0v) is 11.5. The predicted molar refractivity (Wildman–Crippen MR) is 69.1 cm³/mol. The Hall–Kier alpha value is -0.120. The molecule has 0 spiro atoms. The van der Waals surface area contributed by atoms with Crippen LogP contribution in [-0.2, 0) is 9.47 Å². The van der Waals surface area contributed by atoms with E-state index < -0.39 is 0 Å². The van der Waals surface area contributed by atoms with Crippen LogP contribution >= 0.6 is 0 Å². The Morgan fingerprint density at radius 2 is 2.18 bits per heavy atom. The van der Waals surface area contributed by atoms with E-state index in [2.05, 4.69) is 26.1 Å². The highest BCUT2D eigenvalue weighted by atomic mass is 16.5. The van der Waals surface area contributed by atoms with Crippen molar-refractivity contribution in [3.05, 3.63) is 0 Å². The molecule has 1 saturated heterocycles. The molecule has 0 aromatic rings. The topological polar surface area (TPSA) is 30.5 Å². The molecule has 100 valence electrons. The molecule has 1 heterocycles. The van der Waals surface area contributed by atoms with Crippen molar-refractivity contribution in [3.8, 4) is 0 Å². The fourth-order valence-corrected chi connectivity index (χ4v) is 2.41. The van der Waals surface area contributed by atoms with Crippen molar-refractivity contribution in [2.75, 3.05) is 26.4 Å². The number of ether oxygens (including phenoxy) is 2. The van der Waals surface area contributed by atoms with Crippen LogP contribution in [0.2, 0.25) is 0 Å². The molecule has 0 aromatic heterocycles. The summed E-state index contributed by atoms with van der Waals surface area (Å²) in [5, 5.41) is 3.55. The molecule has 0 radical (unpaired) electrons. The molecule has 2 aliphatic rings. The third-order valence-corrected chi connectivity index (χ3v) is 4.13. The summed E-state index contributed by atoms with van der Waals surface area (Å²) in [5.41, 5.74) is 0.194. The Morgan fingerprint density at radius 1 is 1.41 bits per heavy atom. The summed E-state index contributed by atoms with van der Waals surface area (Å²) in [7, 11) is 0. The van der Waals surface area contributed by atoms with Crippen LogP contribution < -0.4 is 5.32 Å². The Kier molecular flexibility index (Phi) is 4.45. The molecule has 3 nitrogen and oxygen atoms in total. The Bertz CT molecular complexity index is 240. The maximum atomic E-state index is 5.93.